The fourth-order valence-electron chi connectivity index (χ4n) is 7.18. The third-order valence-corrected chi connectivity index (χ3v) is 15.6. The number of thiazole rings is 2. The van der Waals surface area contributed by atoms with Gasteiger partial charge in [0.1, 0.15) is 11.0 Å². The molecule has 0 aliphatic carbocycles. The number of aryl methyl sites for hydroxylation is 4. The van der Waals surface area contributed by atoms with E-state index in [1.165, 1.54) is 167 Å². The van der Waals surface area contributed by atoms with Crippen molar-refractivity contribution >= 4 is 68.1 Å². The van der Waals surface area contributed by atoms with E-state index in [4.69, 9.17) is 14.3 Å². The van der Waals surface area contributed by atoms with Crippen LogP contribution in [0, 0.1) is 0 Å². The van der Waals surface area contributed by atoms with E-state index in [1.54, 1.807) is 0 Å². The van der Waals surface area contributed by atoms with E-state index in [2.05, 4.69) is 67.8 Å². The van der Waals surface area contributed by atoms with Gasteiger partial charge in [-0.1, -0.05) is 117 Å². The molecule has 0 fully saturated rings. The van der Waals surface area contributed by atoms with Gasteiger partial charge in [-0.25, -0.2) is 9.97 Å². The van der Waals surface area contributed by atoms with Crippen molar-refractivity contribution in [3.8, 4) is 40.0 Å². The number of hydrogen-bond donors (Lipinski definition) is 0. The van der Waals surface area contributed by atoms with E-state index in [1.807, 2.05) is 45.3 Å². The van der Waals surface area contributed by atoms with Crippen molar-refractivity contribution < 1.29 is 0 Å². The molecule has 0 N–H and O–H groups in total. The molecule has 1 aromatic carbocycles. The zero-order valence-electron chi connectivity index (χ0n) is 32.4. The minimum atomic E-state index is 0.989. The Balaban J connectivity index is 1.40. The molecule has 0 amide bonds. The molecule has 0 atom stereocenters. The molecule has 0 saturated heterocycles. The molecule has 0 unspecified atom stereocenters. The van der Waals surface area contributed by atoms with E-state index in [0.29, 0.717) is 0 Å². The molecule has 6 rings (SSSR count). The highest BCUT2D eigenvalue weighted by Gasteiger charge is 2.25. The highest BCUT2D eigenvalue weighted by Crippen LogP contribution is 2.48. The summed E-state index contributed by atoms with van der Waals surface area (Å²) in [5, 5.41) is 4.52. The number of rotatable bonds is 24. The summed E-state index contributed by atoms with van der Waals surface area (Å²) in [4.78, 5) is 17.9. The zero-order chi connectivity index (χ0) is 36.8. The Morgan fingerprint density at radius 1 is 0.509 bits per heavy atom. The number of aromatic nitrogens is 4. The lowest BCUT2D eigenvalue weighted by Gasteiger charge is -2.05. The van der Waals surface area contributed by atoms with Crippen molar-refractivity contribution in [3.63, 3.8) is 0 Å². The fraction of sp³-hybridized carbons (Fsp3) is 0.545. The standard InChI is InChI=1S/C44H58N4S5/c1-5-9-13-17-22-31-28-29-49-39(31)41-35(25-19-15-11-7-3)45-43(51-41)44-46-36(26-20-16-12-8-4)42(52-44)40-32(23-18-14-10-6-2)30-37(50-40)33-24-21-27-34-38(33)48-53-47-34/h21,24,27-30H,5-20,22-23,25-26H2,1-4H3. The number of nitrogens with zero attached hydrogens (tertiary/aromatic N) is 4. The quantitative estimate of drug-likeness (QED) is 0.0572. The summed E-state index contributed by atoms with van der Waals surface area (Å²) in [6.45, 7) is 9.19. The van der Waals surface area contributed by atoms with Gasteiger partial charge in [0.2, 0.25) is 0 Å². The first kappa shape index (κ1) is 40.4. The molecule has 5 heterocycles. The Bertz CT molecular complexity index is 1970. The van der Waals surface area contributed by atoms with Crippen LogP contribution in [0.2, 0.25) is 0 Å². The van der Waals surface area contributed by atoms with E-state index in [0.717, 1.165) is 46.7 Å². The van der Waals surface area contributed by atoms with Crippen LogP contribution in [0.25, 0.3) is 51.0 Å². The second kappa shape index (κ2) is 21.1. The molecule has 53 heavy (non-hydrogen) atoms. The molecule has 6 aromatic rings. The van der Waals surface area contributed by atoms with E-state index >= 15 is 0 Å². The largest absolute Gasteiger partial charge is 0.238 e. The third-order valence-electron chi connectivity index (χ3n) is 10.2. The molecule has 0 aliphatic rings. The van der Waals surface area contributed by atoms with Crippen molar-refractivity contribution in [3.05, 3.63) is 58.2 Å². The molecular formula is C44H58N4S5. The summed E-state index contributed by atoms with van der Waals surface area (Å²) >= 11 is 8.97. The predicted molar refractivity (Wildman–Crippen MR) is 238 cm³/mol. The third kappa shape index (κ3) is 10.5. The van der Waals surface area contributed by atoms with Crippen LogP contribution < -0.4 is 0 Å². The zero-order valence-corrected chi connectivity index (χ0v) is 36.5. The lowest BCUT2D eigenvalue weighted by atomic mass is 10.0. The second-order valence-corrected chi connectivity index (χ2v) is 19.0. The highest BCUT2D eigenvalue weighted by atomic mass is 32.1. The fourth-order valence-corrected chi connectivity index (χ4v) is 12.6. The number of hydrogen-bond acceptors (Lipinski definition) is 9. The number of fused-ring (bicyclic) bond motifs is 1. The lowest BCUT2D eigenvalue weighted by Crippen LogP contribution is -1.92. The van der Waals surface area contributed by atoms with Gasteiger partial charge >= 0.3 is 0 Å². The maximum atomic E-state index is 5.52. The summed E-state index contributed by atoms with van der Waals surface area (Å²) < 4.78 is 9.29. The highest BCUT2D eigenvalue weighted by molar-refractivity contribution is 7.28. The second-order valence-electron chi connectivity index (χ2n) is 14.5. The molecular weight excluding hydrogens is 745 g/mol. The maximum Gasteiger partial charge on any atom is 0.153 e. The van der Waals surface area contributed by atoms with E-state index < -0.39 is 0 Å². The van der Waals surface area contributed by atoms with Gasteiger partial charge in [-0.2, -0.15) is 8.75 Å². The Kier molecular flexibility index (Phi) is 16.1. The van der Waals surface area contributed by atoms with Gasteiger partial charge in [0.05, 0.1) is 37.7 Å². The van der Waals surface area contributed by atoms with Crippen molar-refractivity contribution in [2.24, 2.45) is 0 Å². The summed E-state index contributed by atoms with van der Waals surface area (Å²) in [6.07, 6.45) is 24.5. The van der Waals surface area contributed by atoms with Crippen molar-refractivity contribution in [2.75, 3.05) is 0 Å². The van der Waals surface area contributed by atoms with Crippen LogP contribution in [0.5, 0.6) is 0 Å². The molecule has 0 saturated carbocycles. The van der Waals surface area contributed by atoms with Gasteiger partial charge in [-0.05, 0) is 86.1 Å². The SMILES string of the molecule is CCCCCCc1ccsc1-c1sc(-c2nc(CCCCCC)c(-c3sc(-c4cccc5nsnc45)cc3CCCCCC)s2)nc1CCCCCC. The van der Waals surface area contributed by atoms with Crippen LogP contribution in [-0.2, 0) is 25.7 Å². The van der Waals surface area contributed by atoms with E-state index in [-0.39, 0.29) is 0 Å². The Morgan fingerprint density at radius 2 is 1.08 bits per heavy atom. The molecule has 0 spiro atoms. The summed E-state index contributed by atoms with van der Waals surface area (Å²) in [5.74, 6) is 0. The molecule has 0 aliphatic heterocycles. The van der Waals surface area contributed by atoms with Crippen LogP contribution >= 0.6 is 57.1 Å². The number of unbranched alkanes of at least 4 members (excludes halogenated alkanes) is 12. The first-order valence-corrected chi connectivity index (χ1v) is 24.6. The molecule has 0 bridgehead atoms. The Morgan fingerprint density at radius 3 is 1.68 bits per heavy atom. The molecule has 5 aromatic heterocycles. The maximum absolute atomic E-state index is 5.52. The summed E-state index contributed by atoms with van der Waals surface area (Å²) in [5.41, 5.74) is 8.75. The van der Waals surface area contributed by atoms with Gasteiger partial charge in [0.25, 0.3) is 0 Å². The average Bonchev–Trinajstić information content (AvgIpc) is 4.02. The minimum absolute atomic E-state index is 0.989. The van der Waals surface area contributed by atoms with Gasteiger partial charge in [-0.3, -0.25) is 0 Å². The normalized spacial score (nSPS) is 11.8. The van der Waals surface area contributed by atoms with Crippen LogP contribution in [0.4, 0.5) is 0 Å². The minimum Gasteiger partial charge on any atom is -0.238 e. The predicted octanol–water partition coefficient (Wildman–Crippen LogP) is 15.9. The van der Waals surface area contributed by atoms with Gasteiger partial charge < -0.3 is 0 Å². The van der Waals surface area contributed by atoms with Gasteiger partial charge in [-0.15, -0.1) is 45.3 Å². The number of thiophene rings is 2. The Labute approximate surface area is 338 Å². The molecule has 0 radical (unpaired) electrons. The topological polar surface area (TPSA) is 51.6 Å². The number of benzene rings is 1. The molecule has 284 valence electrons. The van der Waals surface area contributed by atoms with Crippen LogP contribution in [0.15, 0.2) is 35.7 Å². The van der Waals surface area contributed by atoms with Crippen LogP contribution in [0.1, 0.15) is 153 Å². The van der Waals surface area contributed by atoms with Gasteiger partial charge in [0.15, 0.2) is 10.0 Å². The first-order chi connectivity index (χ1) is 26.1. The van der Waals surface area contributed by atoms with Gasteiger partial charge in [0, 0.05) is 15.3 Å². The molecule has 4 nitrogen and oxygen atoms in total. The summed E-state index contributed by atoms with van der Waals surface area (Å²) in [7, 11) is 0. The monoisotopic (exact) mass is 802 g/mol. The lowest BCUT2D eigenvalue weighted by molar-refractivity contribution is 0.661. The van der Waals surface area contributed by atoms with Crippen LogP contribution in [-0.4, -0.2) is 18.7 Å². The summed E-state index contributed by atoms with van der Waals surface area (Å²) in [6, 6.07) is 11.3. The van der Waals surface area contributed by atoms with Crippen molar-refractivity contribution in [1.82, 2.24) is 18.7 Å². The molecule has 9 heteroatoms. The van der Waals surface area contributed by atoms with E-state index in [9.17, 15) is 0 Å². The average molecular weight is 803 g/mol. The smallest absolute Gasteiger partial charge is 0.153 e. The van der Waals surface area contributed by atoms with Crippen molar-refractivity contribution in [2.45, 2.75) is 156 Å². The Hall–Kier alpha value is -2.30. The first-order valence-electron chi connectivity index (χ1n) is 20.6. The van der Waals surface area contributed by atoms with Crippen LogP contribution in [0.3, 0.4) is 0 Å². The van der Waals surface area contributed by atoms with Crippen molar-refractivity contribution in [1.29, 1.82) is 0 Å².